The second-order valence-electron chi connectivity index (χ2n) is 4.36. The van der Waals surface area contributed by atoms with Crippen LogP contribution in [0.15, 0.2) is 12.1 Å². The number of halogens is 3. The number of nitrogens with one attached hydrogen (secondary N) is 1. The Bertz CT molecular complexity index is 388. The number of hydrogen-bond acceptors (Lipinski definition) is 2. The molecule has 0 saturated heterocycles. The number of rotatable bonds is 2. The lowest BCUT2D eigenvalue weighted by Gasteiger charge is -2.29. The minimum absolute atomic E-state index is 0.160. The van der Waals surface area contributed by atoms with Gasteiger partial charge in [0, 0.05) is 17.8 Å². The van der Waals surface area contributed by atoms with Crippen molar-refractivity contribution in [3.63, 3.8) is 0 Å². The van der Waals surface area contributed by atoms with Gasteiger partial charge in [0.25, 0.3) is 0 Å². The maximum Gasteiger partial charge on any atom is 0.194 e. The van der Waals surface area contributed by atoms with E-state index in [0.717, 1.165) is 31.4 Å². The molecule has 1 fully saturated rings. The molecule has 1 aliphatic rings. The van der Waals surface area contributed by atoms with E-state index in [4.69, 9.17) is 0 Å². The van der Waals surface area contributed by atoms with Gasteiger partial charge in [-0.2, -0.15) is 0 Å². The normalized spacial score (nSPS) is 24.7. The van der Waals surface area contributed by atoms with Crippen LogP contribution >= 0.6 is 0 Å². The van der Waals surface area contributed by atoms with Gasteiger partial charge in [0.15, 0.2) is 17.5 Å². The molecular weight excluding hydrogens is 231 g/mol. The average Bonchev–Trinajstić information content (AvgIpc) is 2.29. The summed E-state index contributed by atoms with van der Waals surface area (Å²) in [7, 11) is 0. The van der Waals surface area contributed by atoms with Gasteiger partial charge in [0.1, 0.15) is 0 Å². The van der Waals surface area contributed by atoms with Crippen molar-refractivity contribution in [3.05, 3.63) is 29.6 Å². The Balaban J connectivity index is 2.12. The maximum atomic E-state index is 13.0. The minimum atomic E-state index is -1.47. The summed E-state index contributed by atoms with van der Waals surface area (Å²) in [6, 6.07) is 1.58. The zero-order valence-corrected chi connectivity index (χ0v) is 9.22. The Morgan fingerprint density at radius 3 is 2.24 bits per heavy atom. The lowest BCUT2D eigenvalue weighted by Crippen LogP contribution is -2.36. The molecule has 1 saturated carbocycles. The zero-order chi connectivity index (χ0) is 12.4. The first-order valence-electron chi connectivity index (χ1n) is 5.67. The second kappa shape index (κ2) is 4.96. The third kappa shape index (κ3) is 2.72. The molecule has 0 bridgehead atoms. The summed E-state index contributed by atoms with van der Waals surface area (Å²) in [5, 5.41) is 12.5. The summed E-state index contributed by atoms with van der Waals surface area (Å²) >= 11 is 0. The molecule has 17 heavy (non-hydrogen) atoms. The average molecular weight is 245 g/mol. The van der Waals surface area contributed by atoms with Gasteiger partial charge in [0.2, 0.25) is 0 Å². The molecule has 0 amide bonds. The van der Waals surface area contributed by atoms with E-state index in [0.29, 0.717) is 6.42 Å². The van der Waals surface area contributed by atoms with Crippen molar-refractivity contribution in [2.24, 2.45) is 0 Å². The molecular formula is C12H14F3NO. The number of aliphatic hydroxyl groups excluding tert-OH is 1. The van der Waals surface area contributed by atoms with Crippen LogP contribution in [0.1, 0.15) is 25.7 Å². The number of benzene rings is 1. The van der Waals surface area contributed by atoms with Gasteiger partial charge in [-0.1, -0.05) is 12.8 Å². The van der Waals surface area contributed by atoms with Gasteiger partial charge in [-0.15, -0.1) is 0 Å². The van der Waals surface area contributed by atoms with Gasteiger partial charge in [-0.3, -0.25) is 0 Å². The third-order valence-electron chi connectivity index (χ3n) is 3.07. The van der Waals surface area contributed by atoms with Crippen LogP contribution in [0.2, 0.25) is 0 Å². The van der Waals surface area contributed by atoms with Crippen LogP contribution in [0.5, 0.6) is 0 Å². The van der Waals surface area contributed by atoms with Crippen molar-refractivity contribution in [3.8, 4) is 0 Å². The molecule has 0 aliphatic heterocycles. The molecule has 2 nitrogen and oxygen atoms in total. The van der Waals surface area contributed by atoms with E-state index in [1.165, 1.54) is 0 Å². The third-order valence-corrected chi connectivity index (χ3v) is 3.07. The summed E-state index contributed by atoms with van der Waals surface area (Å²) in [6.45, 7) is 0. The fraction of sp³-hybridized carbons (Fsp3) is 0.500. The molecule has 1 aromatic rings. The predicted molar refractivity (Wildman–Crippen MR) is 58.2 cm³/mol. The van der Waals surface area contributed by atoms with E-state index in [9.17, 15) is 18.3 Å². The highest BCUT2D eigenvalue weighted by Crippen LogP contribution is 2.24. The summed E-state index contributed by atoms with van der Waals surface area (Å²) in [5.41, 5.74) is 0.160. The highest BCUT2D eigenvalue weighted by Gasteiger charge is 2.23. The smallest absolute Gasteiger partial charge is 0.194 e. The van der Waals surface area contributed by atoms with Crippen LogP contribution in [0.3, 0.4) is 0 Å². The maximum absolute atomic E-state index is 13.0. The van der Waals surface area contributed by atoms with Crippen molar-refractivity contribution in [1.29, 1.82) is 0 Å². The summed E-state index contributed by atoms with van der Waals surface area (Å²) < 4.78 is 38.7. The van der Waals surface area contributed by atoms with Crippen LogP contribution < -0.4 is 5.32 Å². The molecule has 0 radical (unpaired) electrons. The topological polar surface area (TPSA) is 32.3 Å². The van der Waals surface area contributed by atoms with Gasteiger partial charge in [0.05, 0.1) is 12.1 Å². The largest absolute Gasteiger partial charge is 0.391 e. The Labute approximate surface area is 97.5 Å². The minimum Gasteiger partial charge on any atom is -0.391 e. The standard InChI is InChI=1S/C12H14F3NO/c13-8-5-7(6-9(14)12(8)15)16-10-3-1-2-4-11(10)17/h5-6,10-11,16-17H,1-4H2/t10-,11-/m1/s1. The quantitative estimate of drug-likeness (QED) is 0.785. The molecule has 1 aromatic carbocycles. The Hall–Kier alpha value is -1.23. The lowest BCUT2D eigenvalue weighted by molar-refractivity contribution is 0.116. The van der Waals surface area contributed by atoms with E-state index in [1.54, 1.807) is 0 Å². The van der Waals surface area contributed by atoms with Crippen LogP contribution in [0.4, 0.5) is 18.9 Å². The molecule has 0 spiro atoms. The van der Waals surface area contributed by atoms with Crippen molar-refractivity contribution in [1.82, 2.24) is 0 Å². The van der Waals surface area contributed by atoms with Gasteiger partial charge < -0.3 is 10.4 Å². The lowest BCUT2D eigenvalue weighted by atomic mass is 9.92. The van der Waals surface area contributed by atoms with Gasteiger partial charge >= 0.3 is 0 Å². The van der Waals surface area contributed by atoms with Crippen molar-refractivity contribution in [2.75, 3.05) is 5.32 Å². The predicted octanol–water partition coefficient (Wildman–Crippen LogP) is 2.82. The molecule has 94 valence electrons. The van der Waals surface area contributed by atoms with Crippen LogP contribution in [0, 0.1) is 17.5 Å². The van der Waals surface area contributed by atoms with E-state index >= 15 is 0 Å². The highest BCUT2D eigenvalue weighted by atomic mass is 19.2. The monoisotopic (exact) mass is 245 g/mol. The van der Waals surface area contributed by atoms with Crippen LogP contribution in [-0.2, 0) is 0 Å². The zero-order valence-electron chi connectivity index (χ0n) is 9.22. The van der Waals surface area contributed by atoms with E-state index in [2.05, 4.69) is 5.32 Å². The van der Waals surface area contributed by atoms with Gasteiger partial charge in [-0.05, 0) is 12.8 Å². The molecule has 2 N–H and O–H groups in total. The fourth-order valence-corrected chi connectivity index (χ4v) is 2.13. The van der Waals surface area contributed by atoms with Crippen molar-refractivity contribution >= 4 is 5.69 Å². The Morgan fingerprint density at radius 1 is 1.06 bits per heavy atom. The fourth-order valence-electron chi connectivity index (χ4n) is 2.13. The Morgan fingerprint density at radius 2 is 1.65 bits per heavy atom. The first-order valence-corrected chi connectivity index (χ1v) is 5.67. The van der Waals surface area contributed by atoms with E-state index in [-0.39, 0.29) is 11.7 Å². The van der Waals surface area contributed by atoms with Crippen LogP contribution in [0.25, 0.3) is 0 Å². The SMILES string of the molecule is O[C@@H]1CCCC[C@H]1Nc1cc(F)c(F)c(F)c1. The first-order chi connectivity index (χ1) is 8.08. The summed E-state index contributed by atoms with van der Waals surface area (Å²) in [4.78, 5) is 0. The summed E-state index contributed by atoms with van der Waals surface area (Å²) in [6.07, 6.45) is 2.79. The molecule has 0 unspecified atom stereocenters. The molecule has 2 rings (SSSR count). The molecule has 1 aliphatic carbocycles. The molecule has 2 atom stereocenters. The number of anilines is 1. The van der Waals surface area contributed by atoms with E-state index < -0.39 is 23.6 Å². The molecule has 5 heteroatoms. The molecule has 0 aromatic heterocycles. The summed E-state index contributed by atoms with van der Waals surface area (Å²) in [5.74, 6) is -3.92. The molecule has 0 heterocycles. The number of hydrogen-bond donors (Lipinski definition) is 2. The van der Waals surface area contributed by atoms with Gasteiger partial charge in [-0.25, -0.2) is 13.2 Å². The van der Waals surface area contributed by atoms with Crippen molar-refractivity contribution < 1.29 is 18.3 Å². The Kier molecular flexibility index (Phi) is 3.57. The highest BCUT2D eigenvalue weighted by molar-refractivity contribution is 5.45. The van der Waals surface area contributed by atoms with Crippen LogP contribution in [-0.4, -0.2) is 17.3 Å². The number of aliphatic hydroxyl groups is 1. The second-order valence-corrected chi connectivity index (χ2v) is 4.36. The van der Waals surface area contributed by atoms with Crippen molar-refractivity contribution in [2.45, 2.75) is 37.8 Å². The first kappa shape index (κ1) is 12.2. The van der Waals surface area contributed by atoms with E-state index in [1.807, 2.05) is 0 Å².